The van der Waals surface area contributed by atoms with E-state index >= 15 is 0 Å². The fourth-order valence-electron chi connectivity index (χ4n) is 4.35. The predicted octanol–water partition coefficient (Wildman–Crippen LogP) is 5.65. The minimum Gasteiger partial charge on any atom is -0.294 e. The van der Waals surface area contributed by atoms with Crippen molar-refractivity contribution in [1.82, 2.24) is 9.97 Å². The number of nitrogens with zero attached hydrogens (tertiary/aromatic N) is 2. The van der Waals surface area contributed by atoms with Crippen molar-refractivity contribution in [3.63, 3.8) is 0 Å². The highest BCUT2D eigenvalue weighted by Gasteiger charge is 2.29. The number of ketones is 1. The van der Waals surface area contributed by atoms with Crippen LogP contribution in [0.2, 0.25) is 0 Å². The van der Waals surface area contributed by atoms with Crippen LogP contribution in [-0.2, 0) is 11.2 Å². The molecule has 3 aromatic rings. The maximum atomic E-state index is 12.9. The van der Waals surface area contributed by atoms with Crippen LogP contribution in [0.4, 0.5) is 5.95 Å². The Bertz CT molecular complexity index is 1110. The molecule has 4 rings (SSSR count). The first-order valence-electron chi connectivity index (χ1n) is 11.3. The lowest BCUT2D eigenvalue weighted by atomic mass is 9.81. The second-order valence-corrected chi connectivity index (χ2v) is 8.76. The van der Waals surface area contributed by atoms with Gasteiger partial charge in [0.05, 0.1) is 17.2 Å². The van der Waals surface area contributed by atoms with E-state index < -0.39 is 0 Å². The van der Waals surface area contributed by atoms with E-state index in [0.29, 0.717) is 36.4 Å². The van der Waals surface area contributed by atoms with Crippen LogP contribution in [0.15, 0.2) is 60.8 Å². The molecule has 0 aliphatic heterocycles. The van der Waals surface area contributed by atoms with E-state index in [1.54, 1.807) is 6.20 Å². The fourth-order valence-corrected chi connectivity index (χ4v) is 4.35. The summed E-state index contributed by atoms with van der Waals surface area (Å²) >= 11 is 0. The summed E-state index contributed by atoms with van der Waals surface area (Å²) in [6, 6.07) is 18.2. The average Bonchev–Trinajstić information content (AvgIpc) is 2.80. The van der Waals surface area contributed by atoms with Gasteiger partial charge >= 0.3 is 0 Å². The van der Waals surface area contributed by atoms with Gasteiger partial charge in [0.2, 0.25) is 11.9 Å². The molecule has 5 heteroatoms. The lowest BCUT2D eigenvalue weighted by Gasteiger charge is -2.24. The molecule has 0 spiro atoms. The molecule has 164 valence electrons. The number of hydrogen-bond donors (Lipinski definition) is 1. The van der Waals surface area contributed by atoms with Gasteiger partial charge in [-0.15, -0.1) is 0 Å². The molecule has 1 amide bonds. The maximum absolute atomic E-state index is 12.9. The van der Waals surface area contributed by atoms with Crippen molar-refractivity contribution in [2.45, 2.75) is 57.8 Å². The van der Waals surface area contributed by atoms with Crippen LogP contribution >= 0.6 is 0 Å². The number of carbonyl (C=O) groups is 2. The first kappa shape index (κ1) is 21.9. The van der Waals surface area contributed by atoms with Crippen molar-refractivity contribution < 1.29 is 9.59 Å². The molecule has 1 heterocycles. The molecule has 1 aromatic heterocycles. The molecule has 2 aromatic carbocycles. The van der Waals surface area contributed by atoms with Gasteiger partial charge in [-0.2, -0.15) is 0 Å². The lowest BCUT2D eigenvalue weighted by Crippen LogP contribution is -2.25. The van der Waals surface area contributed by atoms with E-state index in [4.69, 9.17) is 0 Å². The second kappa shape index (κ2) is 9.43. The minimum atomic E-state index is -0.273. The van der Waals surface area contributed by atoms with Crippen LogP contribution in [0.1, 0.15) is 84.1 Å². The molecular weight excluding hydrogens is 398 g/mol. The summed E-state index contributed by atoms with van der Waals surface area (Å²) in [5.74, 6) is 0.456. The van der Waals surface area contributed by atoms with Crippen molar-refractivity contribution in [3.05, 3.63) is 88.7 Å². The van der Waals surface area contributed by atoms with Crippen molar-refractivity contribution in [2.24, 2.45) is 0 Å². The third-order valence-electron chi connectivity index (χ3n) is 6.28. The molecular formula is C27H29N3O2. The molecule has 0 fully saturated rings. The minimum absolute atomic E-state index is 0.0535. The molecule has 0 saturated heterocycles. The van der Waals surface area contributed by atoms with Crippen LogP contribution in [0.5, 0.6) is 0 Å². The summed E-state index contributed by atoms with van der Waals surface area (Å²) in [6.07, 6.45) is 3.34. The van der Waals surface area contributed by atoms with E-state index in [2.05, 4.69) is 53.4 Å². The molecule has 1 aliphatic rings. The molecule has 0 radical (unpaired) electrons. The van der Waals surface area contributed by atoms with Crippen molar-refractivity contribution >= 4 is 17.6 Å². The fraction of sp³-hybridized carbons (Fsp3) is 0.333. The van der Waals surface area contributed by atoms with Crippen LogP contribution < -0.4 is 5.32 Å². The van der Waals surface area contributed by atoms with Crippen LogP contribution in [0.3, 0.4) is 0 Å². The summed E-state index contributed by atoms with van der Waals surface area (Å²) in [6.45, 7) is 6.32. The number of benzene rings is 2. The van der Waals surface area contributed by atoms with Gasteiger partial charge in [-0.3, -0.25) is 14.9 Å². The van der Waals surface area contributed by atoms with Gasteiger partial charge < -0.3 is 0 Å². The largest absolute Gasteiger partial charge is 0.294 e. The van der Waals surface area contributed by atoms with Crippen LogP contribution in [0.25, 0.3) is 0 Å². The number of hydrogen-bond acceptors (Lipinski definition) is 4. The van der Waals surface area contributed by atoms with Gasteiger partial charge in [0.15, 0.2) is 5.78 Å². The first-order valence-corrected chi connectivity index (χ1v) is 11.3. The Morgan fingerprint density at radius 3 is 2.41 bits per heavy atom. The summed E-state index contributed by atoms with van der Waals surface area (Å²) in [5, 5.41) is 2.86. The van der Waals surface area contributed by atoms with Gasteiger partial charge in [0.25, 0.3) is 0 Å². The zero-order chi connectivity index (χ0) is 22.7. The standard InChI is InChI=1S/C27H29N3O2/c1-4-22(20-8-6-5-7-9-20)26(32)30-27-28-16-23-24(29-27)14-21(15-25(23)31)19-12-10-18(11-13-19)17(2)3/h5-13,16-17,21-22H,4,14-15H2,1-3H3,(H,28,29,30,32)/t21-,22-/m1/s1. The lowest BCUT2D eigenvalue weighted by molar-refractivity contribution is -0.117. The molecule has 0 saturated carbocycles. The molecule has 32 heavy (non-hydrogen) atoms. The number of rotatable bonds is 6. The first-order chi connectivity index (χ1) is 15.5. The summed E-state index contributed by atoms with van der Waals surface area (Å²) in [7, 11) is 0. The van der Waals surface area contributed by atoms with Gasteiger partial charge in [0.1, 0.15) is 0 Å². The topological polar surface area (TPSA) is 72.0 Å². The van der Waals surface area contributed by atoms with E-state index in [-0.39, 0.29) is 29.5 Å². The van der Waals surface area contributed by atoms with Gasteiger partial charge in [0, 0.05) is 12.6 Å². The van der Waals surface area contributed by atoms with E-state index in [9.17, 15) is 9.59 Å². The maximum Gasteiger partial charge on any atom is 0.234 e. The zero-order valence-electron chi connectivity index (χ0n) is 18.8. The predicted molar refractivity (Wildman–Crippen MR) is 126 cm³/mol. The van der Waals surface area contributed by atoms with Crippen LogP contribution in [-0.4, -0.2) is 21.7 Å². The molecule has 2 atom stereocenters. The SMILES string of the molecule is CC[C@@H](C(=O)Nc1ncc2c(n1)C[C@@H](c1ccc(C(C)C)cc1)CC2=O)c1ccccc1. The van der Waals surface area contributed by atoms with E-state index in [1.165, 1.54) is 5.56 Å². The number of anilines is 1. The van der Waals surface area contributed by atoms with Crippen molar-refractivity contribution in [2.75, 3.05) is 5.32 Å². The van der Waals surface area contributed by atoms with Crippen molar-refractivity contribution in [1.29, 1.82) is 0 Å². The third-order valence-corrected chi connectivity index (χ3v) is 6.28. The van der Waals surface area contributed by atoms with Gasteiger partial charge in [-0.1, -0.05) is 75.4 Å². The molecule has 0 bridgehead atoms. The Balaban J connectivity index is 1.53. The van der Waals surface area contributed by atoms with E-state index in [0.717, 1.165) is 11.1 Å². The number of amides is 1. The normalized spacial score (nSPS) is 16.5. The Morgan fingerprint density at radius 1 is 1.03 bits per heavy atom. The Kier molecular flexibility index (Phi) is 6.45. The van der Waals surface area contributed by atoms with Gasteiger partial charge in [-0.25, -0.2) is 9.97 Å². The Morgan fingerprint density at radius 2 is 1.75 bits per heavy atom. The number of Topliss-reactive ketones (excluding diaryl/α,β-unsaturated/α-hetero) is 1. The molecule has 5 nitrogen and oxygen atoms in total. The molecule has 1 aliphatic carbocycles. The molecule has 0 unspecified atom stereocenters. The number of fused-ring (bicyclic) bond motifs is 1. The van der Waals surface area contributed by atoms with Crippen LogP contribution in [0, 0.1) is 0 Å². The Hall–Kier alpha value is -3.34. The second-order valence-electron chi connectivity index (χ2n) is 8.76. The average molecular weight is 428 g/mol. The Labute approximate surface area is 189 Å². The number of aromatic nitrogens is 2. The third kappa shape index (κ3) is 4.62. The highest BCUT2D eigenvalue weighted by molar-refractivity contribution is 5.99. The molecule has 1 N–H and O–H groups in total. The summed E-state index contributed by atoms with van der Waals surface area (Å²) in [5.41, 5.74) is 4.66. The number of carbonyl (C=O) groups excluding carboxylic acids is 2. The smallest absolute Gasteiger partial charge is 0.234 e. The highest BCUT2D eigenvalue weighted by Crippen LogP contribution is 2.33. The summed E-state index contributed by atoms with van der Waals surface area (Å²) in [4.78, 5) is 34.5. The van der Waals surface area contributed by atoms with Crippen molar-refractivity contribution in [3.8, 4) is 0 Å². The quantitative estimate of drug-likeness (QED) is 0.552. The highest BCUT2D eigenvalue weighted by atomic mass is 16.2. The monoisotopic (exact) mass is 427 g/mol. The van der Waals surface area contributed by atoms with E-state index in [1.807, 2.05) is 37.3 Å². The number of nitrogens with one attached hydrogen (secondary N) is 1. The zero-order valence-corrected chi connectivity index (χ0v) is 18.8. The summed E-state index contributed by atoms with van der Waals surface area (Å²) < 4.78 is 0. The van der Waals surface area contributed by atoms with Gasteiger partial charge in [-0.05, 0) is 41.4 Å².